The highest BCUT2D eigenvalue weighted by Crippen LogP contribution is 2.37. The Bertz CT molecular complexity index is 1790. The Morgan fingerprint density at radius 3 is 2.54 bits per heavy atom. The minimum atomic E-state index is -4.94. The maximum absolute atomic E-state index is 13.5. The molecular formula is C30H20ClF4NO5. The van der Waals surface area contributed by atoms with Crippen LogP contribution in [0, 0.1) is 12.7 Å². The first-order valence-electron chi connectivity index (χ1n) is 11.9. The number of carboxylic acid groups (broad SMARTS) is 1. The third-order valence-electron chi connectivity index (χ3n) is 5.99. The van der Waals surface area contributed by atoms with E-state index in [2.05, 4.69) is 5.32 Å². The molecule has 3 aromatic carbocycles. The van der Waals surface area contributed by atoms with E-state index in [0.717, 1.165) is 18.2 Å². The normalized spacial score (nSPS) is 12.0. The molecule has 4 aromatic rings. The van der Waals surface area contributed by atoms with Gasteiger partial charge in [-0.15, -0.1) is 0 Å². The Morgan fingerprint density at radius 1 is 1.07 bits per heavy atom. The van der Waals surface area contributed by atoms with E-state index in [0.29, 0.717) is 32.7 Å². The van der Waals surface area contributed by atoms with Gasteiger partial charge in [0.15, 0.2) is 0 Å². The molecule has 0 bridgehead atoms. The minimum Gasteiger partial charge on any atom is -0.478 e. The Balaban J connectivity index is 1.82. The summed E-state index contributed by atoms with van der Waals surface area (Å²) in [5, 5.41) is 11.6. The fraction of sp³-hybridized carbons (Fsp3) is 0.100. The lowest BCUT2D eigenvalue weighted by Crippen LogP contribution is -2.22. The second-order valence-corrected chi connectivity index (χ2v) is 9.34. The van der Waals surface area contributed by atoms with Gasteiger partial charge in [-0.25, -0.2) is 14.0 Å². The predicted octanol–water partition coefficient (Wildman–Crippen LogP) is 7.41. The van der Waals surface area contributed by atoms with E-state index in [1.165, 1.54) is 18.2 Å². The molecule has 0 radical (unpaired) electrons. The van der Waals surface area contributed by atoms with Gasteiger partial charge in [0.25, 0.3) is 0 Å². The zero-order chi connectivity index (χ0) is 29.9. The summed E-state index contributed by atoms with van der Waals surface area (Å²) in [6.07, 6.45) is -0.200. The van der Waals surface area contributed by atoms with Crippen LogP contribution in [0.1, 0.15) is 22.3 Å². The van der Waals surface area contributed by atoms with Crippen molar-refractivity contribution in [2.24, 2.45) is 0 Å². The number of halogens is 5. The van der Waals surface area contributed by atoms with Crippen LogP contribution >= 0.6 is 11.6 Å². The van der Waals surface area contributed by atoms with Crippen molar-refractivity contribution in [1.29, 1.82) is 0 Å². The van der Waals surface area contributed by atoms with Crippen LogP contribution in [0.3, 0.4) is 0 Å². The van der Waals surface area contributed by atoms with Crippen LogP contribution in [0.2, 0.25) is 5.02 Å². The molecule has 2 N–H and O–H groups in total. The molecule has 0 aliphatic heterocycles. The number of benzene rings is 3. The lowest BCUT2D eigenvalue weighted by Gasteiger charge is -2.16. The molecular weight excluding hydrogens is 566 g/mol. The van der Waals surface area contributed by atoms with E-state index in [-0.39, 0.29) is 17.2 Å². The van der Waals surface area contributed by atoms with Crippen LogP contribution in [-0.2, 0) is 22.2 Å². The van der Waals surface area contributed by atoms with Crippen LogP contribution in [0.5, 0.6) is 0 Å². The van der Waals surface area contributed by atoms with E-state index in [9.17, 15) is 31.9 Å². The molecule has 6 nitrogen and oxygen atoms in total. The summed E-state index contributed by atoms with van der Waals surface area (Å²) in [5.41, 5.74) is -0.887. The van der Waals surface area contributed by atoms with Crippen LogP contribution in [0.4, 0.5) is 23.2 Å². The summed E-state index contributed by atoms with van der Waals surface area (Å²) in [5.74, 6) is -3.21. The molecule has 41 heavy (non-hydrogen) atoms. The van der Waals surface area contributed by atoms with Crippen LogP contribution in [-0.4, -0.2) is 17.0 Å². The van der Waals surface area contributed by atoms with Gasteiger partial charge < -0.3 is 14.8 Å². The highest BCUT2D eigenvalue weighted by atomic mass is 35.5. The number of anilines is 1. The first-order valence-corrected chi connectivity index (χ1v) is 12.3. The SMILES string of the molecule is Cc1cc2c(-c3cccc(C=CC=CC(=O)O)c3)c(CC(=O)Nc3ccc(F)cc3C(F)(F)F)c(=O)oc2cc1Cl. The molecule has 210 valence electrons. The minimum absolute atomic E-state index is 0.126. The summed E-state index contributed by atoms with van der Waals surface area (Å²) in [7, 11) is 0. The molecule has 1 heterocycles. The average Bonchev–Trinajstić information content (AvgIpc) is 2.89. The second-order valence-electron chi connectivity index (χ2n) is 8.94. The third kappa shape index (κ3) is 6.90. The van der Waals surface area contributed by atoms with E-state index >= 15 is 0 Å². The van der Waals surface area contributed by atoms with Crippen LogP contribution in [0.15, 0.2) is 82.0 Å². The topological polar surface area (TPSA) is 96.6 Å². The van der Waals surface area contributed by atoms with Gasteiger partial charge >= 0.3 is 17.8 Å². The van der Waals surface area contributed by atoms with Crippen molar-refractivity contribution in [3.63, 3.8) is 0 Å². The van der Waals surface area contributed by atoms with E-state index < -0.39 is 47.2 Å². The number of amides is 1. The fourth-order valence-electron chi connectivity index (χ4n) is 4.18. The lowest BCUT2D eigenvalue weighted by molar-refractivity contribution is -0.137. The molecule has 1 amide bonds. The number of fused-ring (bicyclic) bond motifs is 1. The fourth-order valence-corrected chi connectivity index (χ4v) is 4.33. The number of hydrogen-bond acceptors (Lipinski definition) is 4. The van der Waals surface area contributed by atoms with Gasteiger partial charge in [-0.3, -0.25) is 4.79 Å². The Kier molecular flexibility index (Phi) is 8.44. The summed E-state index contributed by atoms with van der Waals surface area (Å²) in [6, 6.07) is 11.7. The molecule has 11 heteroatoms. The molecule has 0 atom stereocenters. The number of carbonyl (C=O) groups is 2. The summed E-state index contributed by atoms with van der Waals surface area (Å²) < 4.78 is 59.3. The van der Waals surface area contributed by atoms with Crippen molar-refractivity contribution in [2.75, 3.05) is 5.32 Å². The Hall–Kier alpha value is -4.70. The molecule has 0 fully saturated rings. The maximum Gasteiger partial charge on any atom is 0.418 e. The second kappa shape index (κ2) is 11.8. The summed E-state index contributed by atoms with van der Waals surface area (Å²) >= 11 is 6.23. The molecule has 0 spiro atoms. The number of aryl methyl sites for hydroxylation is 1. The van der Waals surface area contributed by atoms with Gasteiger partial charge in [-0.05, 0) is 53.9 Å². The van der Waals surface area contributed by atoms with Crippen molar-refractivity contribution in [2.45, 2.75) is 19.5 Å². The quantitative estimate of drug-likeness (QED) is 0.102. The standard InChI is InChI=1S/C30H20ClF4NO5/c1-16-11-20-25(15-23(16)31)41-29(40)21(14-26(37)36-24-10-9-19(32)13-22(24)30(33,34)35)28(20)18-7-4-6-17(12-18)5-2-3-8-27(38)39/h2-13,15H,14H2,1H3,(H,36,37)(H,38,39). The number of allylic oxidation sites excluding steroid dienone is 2. The molecule has 0 saturated carbocycles. The van der Waals surface area contributed by atoms with Gasteiger partial charge in [0.2, 0.25) is 5.91 Å². The molecule has 0 saturated heterocycles. The Morgan fingerprint density at radius 2 is 1.83 bits per heavy atom. The van der Waals surface area contributed by atoms with E-state index in [1.54, 1.807) is 43.3 Å². The predicted molar refractivity (Wildman–Crippen MR) is 147 cm³/mol. The summed E-state index contributed by atoms with van der Waals surface area (Å²) in [4.78, 5) is 36.8. The summed E-state index contributed by atoms with van der Waals surface area (Å²) in [6.45, 7) is 1.73. The average molecular weight is 586 g/mol. The van der Waals surface area contributed by atoms with Gasteiger partial charge in [0.1, 0.15) is 11.4 Å². The van der Waals surface area contributed by atoms with Gasteiger partial charge in [0, 0.05) is 28.1 Å². The van der Waals surface area contributed by atoms with Gasteiger partial charge in [-0.1, -0.05) is 48.0 Å². The van der Waals surface area contributed by atoms with Crippen molar-refractivity contribution >= 4 is 46.2 Å². The van der Waals surface area contributed by atoms with Crippen LogP contribution in [0.25, 0.3) is 28.2 Å². The Labute approximate surface area is 235 Å². The van der Waals surface area contributed by atoms with E-state index in [4.69, 9.17) is 21.1 Å². The monoisotopic (exact) mass is 585 g/mol. The van der Waals surface area contributed by atoms with Crippen molar-refractivity contribution in [3.8, 4) is 11.1 Å². The van der Waals surface area contributed by atoms with Gasteiger partial charge in [-0.2, -0.15) is 13.2 Å². The van der Waals surface area contributed by atoms with Crippen molar-refractivity contribution in [3.05, 3.63) is 116 Å². The maximum atomic E-state index is 13.5. The number of alkyl halides is 3. The largest absolute Gasteiger partial charge is 0.478 e. The smallest absolute Gasteiger partial charge is 0.418 e. The van der Waals surface area contributed by atoms with Crippen LogP contribution < -0.4 is 10.9 Å². The zero-order valence-corrected chi connectivity index (χ0v) is 21.9. The molecule has 0 aliphatic carbocycles. The third-order valence-corrected chi connectivity index (χ3v) is 6.40. The number of carbonyl (C=O) groups excluding carboxylic acids is 1. The highest BCUT2D eigenvalue weighted by Gasteiger charge is 2.34. The van der Waals surface area contributed by atoms with E-state index in [1.807, 2.05) is 0 Å². The first kappa shape index (κ1) is 29.3. The van der Waals surface area contributed by atoms with Crippen molar-refractivity contribution in [1.82, 2.24) is 0 Å². The number of hydrogen-bond donors (Lipinski definition) is 2. The zero-order valence-electron chi connectivity index (χ0n) is 21.2. The lowest BCUT2D eigenvalue weighted by atomic mass is 9.93. The number of aliphatic carboxylic acids is 1. The van der Waals surface area contributed by atoms with Gasteiger partial charge in [0.05, 0.1) is 23.2 Å². The van der Waals surface area contributed by atoms with Crippen molar-refractivity contribution < 1.29 is 36.7 Å². The molecule has 1 aromatic heterocycles. The number of rotatable bonds is 7. The molecule has 4 rings (SSSR count). The first-order chi connectivity index (χ1) is 19.3. The molecule has 0 unspecified atom stereocenters. The highest BCUT2D eigenvalue weighted by molar-refractivity contribution is 6.32. The number of carboxylic acids is 1. The molecule has 0 aliphatic rings. The number of nitrogens with one attached hydrogen (secondary N) is 1.